The zero-order chi connectivity index (χ0) is 11.4. The van der Waals surface area contributed by atoms with Crippen molar-refractivity contribution in [3.8, 4) is 0 Å². The smallest absolute Gasteiger partial charge is 0.242 e. The minimum absolute atomic E-state index is 0.0129. The molecular weight excluding hydrogens is 208 g/mol. The number of aliphatic hydroxyl groups is 1. The number of carbonyl (C=O) groups is 1. The molecule has 1 aromatic heterocycles. The predicted octanol–water partition coefficient (Wildman–Crippen LogP) is -0.518. The Morgan fingerprint density at radius 1 is 1.62 bits per heavy atom. The minimum atomic E-state index is -0.0129. The Morgan fingerprint density at radius 2 is 2.44 bits per heavy atom. The van der Waals surface area contributed by atoms with Gasteiger partial charge in [0, 0.05) is 18.8 Å². The van der Waals surface area contributed by atoms with Crippen molar-refractivity contribution < 1.29 is 9.90 Å². The maximum absolute atomic E-state index is 11.4. The van der Waals surface area contributed by atoms with Crippen LogP contribution in [-0.2, 0) is 17.8 Å². The van der Waals surface area contributed by atoms with E-state index >= 15 is 0 Å². The van der Waals surface area contributed by atoms with Gasteiger partial charge in [0.1, 0.15) is 6.54 Å². The summed E-state index contributed by atoms with van der Waals surface area (Å²) in [4.78, 5) is 11.4. The third-order valence-corrected chi connectivity index (χ3v) is 2.43. The molecule has 88 valence electrons. The van der Waals surface area contributed by atoms with Crippen LogP contribution in [0.3, 0.4) is 0 Å². The highest BCUT2D eigenvalue weighted by atomic mass is 16.2. The molecule has 1 fully saturated rings. The zero-order valence-corrected chi connectivity index (χ0v) is 9.09. The first-order valence-corrected chi connectivity index (χ1v) is 5.57. The standard InChI is InChI=1S/C10H16N4O2/c15-5-1-2-9-6-14(13-12-9)7-10(16)11-8-3-4-8/h6,8,15H,1-5,7H2,(H,11,16). The average molecular weight is 224 g/mol. The fourth-order valence-electron chi connectivity index (χ4n) is 1.44. The van der Waals surface area contributed by atoms with Crippen LogP contribution in [0.15, 0.2) is 6.20 Å². The molecule has 0 aliphatic heterocycles. The fourth-order valence-corrected chi connectivity index (χ4v) is 1.44. The van der Waals surface area contributed by atoms with Crippen molar-refractivity contribution in [1.82, 2.24) is 20.3 Å². The third-order valence-electron chi connectivity index (χ3n) is 2.43. The summed E-state index contributed by atoms with van der Waals surface area (Å²) in [6.45, 7) is 0.373. The molecule has 0 radical (unpaired) electrons. The van der Waals surface area contributed by atoms with Gasteiger partial charge in [-0.2, -0.15) is 0 Å². The summed E-state index contributed by atoms with van der Waals surface area (Å²) in [5.41, 5.74) is 0.813. The number of carbonyl (C=O) groups excluding carboxylic acids is 1. The van der Waals surface area contributed by atoms with Gasteiger partial charge in [0.25, 0.3) is 0 Å². The summed E-state index contributed by atoms with van der Waals surface area (Å²) in [7, 11) is 0. The highest BCUT2D eigenvalue weighted by Gasteiger charge is 2.23. The van der Waals surface area contributed by atoms with Crippen LogP contribution < -0.4 is 5.32 Å². The molecule has 0 saturated heterocycles. The largest absolute Gasteiger partial charge is 0.396 e. The molecule has 0 atom stereocenters. The van der Waals surface area contributed by atoms with E-state index in [2.05, 4.69) is 15.6 Å². The third kappa shape index (κ3) is 3.30. The Morgan fingerprint density at radius 3 is 3.12 bits per heavy atom. The predicted molar refractivity (Wildman–Crippen MR) is 56.6 cm³/mol. The fraction of sp³-hybridized carbons (Fsp3) is 0.700. The van der Waals surface area contributed by atoms with Gasteiger partial charge in [-0.05, 0) is 25.7 Å². The number of aryl methyl sites for hydroxylation is 1. The van der Waals surface area contributed by atoms with Crippen molar-refractivity contribution in [3.63, 3.8) is 0 Å². The van der Waals surface area contributed by atoms with Gasteiger partial charge in [-0.1, -0.05) is 5.21 Å². The highest BCUT2D eigenvalue weighted by Crippen LogP contribution is 2.18. The molecule has 6 nitrogen and oxygen atoms in total. The molecule has 0 bridgehead atoms. The molecule has 6 heteroatoms. The number of nitrogens with zero attached hydrogens (tertiary/aromatic N) is 3. The molecule has 2 N–H and O–H groups in total. The van der Waals surface area contributed by atoms with Gasteiger partial charge in [-0.3, -0.25) is 4.79 Å². The van der Waals surface area contributed by atoms with Crippen molar-refractivity contribution >= 4 is 5.91 Å². The number of aliphatic hydroxyl groups excluding tert-OH is 1. The van der Waals surface area contributed by atoms with Gasteiger partial charge in [0.05, 0.1) is 5.69 Å². The van der Waals surface area contributed by atoms with Crippen LogP contribution in [0.4, 0.5) is 0 Å². The van der Waals surface area contributed by atoms with Crippen LogP contribution >= 0.6 is 0 Å². The Kier molecular flexibility index (Phi) is 3.51. The summed E-state index contributed by atoms with van der Waals surface area (Å²) < 4.78 is 1.53. The van der Waals surface area contributed by atoms with E-state index in [1.54, 1.807) is 6.20 Å². The van der Waals surface area contributed by atoms with E-state index in [0.29, 0.717) is 18.9 Å². The number of nitrogens with one attached hydrogen (secondary N) is 1. The van der Waals surface area contributed by atoms with Crippen molar-refractivity contribution in [2.24, 2.45) is 0 Å². The number of hydrogen-bond acceptors (Lipinski definition) is 4. The van der Waals surface area contributed by atoms with Gasteiger partial charge in [-0.25, -0.2) is 4.68 Å². The Hall–Kier alpha value is -1.43. The van der Waals surface area contributed by atoms with Gasteiger partial charge in [0.2, 0.25) is 5.91 Å². The molecule has 0 spiro atoms. The van der Waals surface area contributed by atoms with Gasteiger partial charge in [0.15, 0.2) is 0 Å². The maximum Gasteiger partial charge on any atom is 0.242 e. The Bertz CT molecular complexity index is 359. The Labute approximate surface area is 93.6 Å². The second-order valence-electron chi connectivity index (χ2n) is 4.08. The van der Waals surface area contributed by atoms with Crippen LogP contribution in [-0.4, -0.2) is 38.7 Å². The van der Waals surface area contributed by atoms with E-state index in [-0.39, 0.29) is 19.1 Å². The van der Waals surface area contributed by atoms with E-state index < -0.39 is 0 Å². The summed E-state index contributed by atoms with van der Waals surface area (Å²) in [5, 5.41) is 19.3. The number of hydrogen-bond donors (Lipinski definition) is 2. The topological polar surface area (TPSA) is 80.0 Å². The lowest BCUT2D eigenvalue weighted by Crippen LogP contribution is -2.29. The molecule has 1 aliphatic carbocycles. The molecular formula is C10H16N4O2. The van der Waals surface area contributed by atoms with Crippen molar-refractivity contribution in [3.05, 3.63) is 11.9 Å². The number of amides is 1. The molecule has 1 saturated carbocycles. The zero-order valence-electron chi connectivity index (χ0n) is 9.09. The molecule has 1 amide bonds. The summed E-state index contributed by atoms with van der Waals surface area (Å²) in [6, 6.07) is 0.380. The molecule has 2 rings (SSSR count). The minimum Gasteiger partial charge on any atom is -0.396 e. The lowest BCUT2D eigenvalue weighted by atomic mass is 10.3. The molecule has 16 heavy (non-hydrogen) atoms. The number of rotatable bonds is 6. The summed E-state index contributed by atoms with van der Waals surface area (Å²) in [5.74, 6) is -0.0129. The van der Waals surface area contributed by atoms with Crippen LogP contribution in [0.5, 0.6) is 0 Å². The monoisotopic (exact) mass is 224 g/mol. The molecule has 1 heterocycles. The molecule has 0 aromatic carbocycles. The first-order valence-electron chi connectivity index (χ1n) is 5.57. The van der Waals surface area contributed by atoms with Crippen molar-refractivity contribution in [2.45, 2.75) is 38.3 Å². The lowest BCUT2D eigenvalue weighted by Gasteiger charge is -2.01. The van der Waals surface area contributed by atoms with Crippen molar-refractivity contribution in [2.75, 3.05) is 6.61 Å². The molecule has 1 aliphatic rings. The quantitative estimate of drug-likeness (QED) is 0.681. The van der Waals surface area contributed by atoms with E-state index in [4.69, 9.17) is 5.11 Å². The van der Waals surface area contributed by atoms with E-state index in [0.717, 1.165) is 18.5 Å². The average Bonchev–Trinajstić information content (AvgIpc) is 2.94. The Balaban J connectivity index is 1.79. The van der Waals surface area contributed by atoms with Crippen LogP contribution in [0.25, 0.3) is 0 Å². The first-order chi connectivity index (χ1) is 7.78. The summed E-state index contributed by atoms with van der Waals surface area (Å²) >= 11 is 0. The van der Waals surface area contributed by atoms with Crippen LogP contribution in [0, 0.1) is 0 Å². The van der Waals surface area contributed by atoms with Gasteiger partial charge < -0.3 is 10.4 Å². The van der Waals surface area contributed by atoms with Crippen LogP contribution in [0.2, 0.25) is 0 Å². The van der Waals surface area contributed by atoms with E-state index in [1.165, 1.54) is 4.68 Å². The second kappa shape index (κ2) is 5.07. The van der Waals surface area contributed by atoms with E-state index in [9.17, 15) is 4.79 Å². The van der Waals surface area contributed by atoms with Gasteiger partial charge in [-0.15, -0.1) is 5.10 Å². The normalized spacial score (nSPS) is 15.1. The lowest BCUT2D eigenvalue weighted by molar-refractivity contribution is -0.122. The first kappa shape index (κ1) is 11.1. The number of aromatic nitrogens is 3. The second-order valence-corrected chi connectivity index (χ2v) is 4.08. The summed E-state index contributed by atoms with van der Waals surface area (Å²) in [6.07, 6.45) is 5.30. The SMILES string of the molecule is O=C(Cn1cc(CCCO)nn1)NC1CC1. The maximum atomic E-state index is 11.4. The molecule has 1 aromatic rings. The molecule has 0 unspecified atom stereocenters. The van der Waals surface area contributed by atoms with Crippen molar-refractivity contribution in [1.29, 1.82) is 0 Å². The van der Waals surface area contributed by atoms with E-state index in [1.807, 2.05) is 0 Å². The van der Waals surface area contributed by atoms with Gasteiger partial charge >= 0.3 is 0 Å². The highest BCUT2D eigenvalue weighted by molar-refractivity contribution is 5.76. The van der Waals surface area contributed by atoms with Crippen LogP contribution in [0.1, 0.15) is 25.0 Å².